The number of carbonyl (C=O) groups excluding carboxylic acids is 1. The predicted octanol–water partition coefficient (Wildman–Crippen LogP) is 4.99. The number of benzene rings is 1. The molecule has 1 heterocycles. The molecule has 3 aliphatic carbocycles. The average molecular weight is 511 g/mol. The highest BCUT2D eigenvalue weighted by molar-refractivity contribution is 7.89. The number of alkyl halides is 3. The SMILES string of the molecule is CN1C(=O)C=C[C@@]2(C)C1CC[C@@H]1[C@H]2CC[C@]2(C)C(NS(=O)(=O)c3cccc(C(F)(F)F)c3)CC[C@@H]12. The molecule has 0 spiro atoms. The lowest BCUT2D eigenvalue weighted by Gasteiger charge is -2.60. The molecule has 1 aliphatic heterocycles. The minimum atomic E-state index is -4.60. The number of nitrogens with one attached hydrogen (secondary N) is 1. The van der Waals surface area contributed by atoms with E-state index in [9.17, 15) is 26.4 Å². The minimum Gasteiger partial charge on any atom is -0.338 e. The van der Waals surface area contributed by atoms with Gasteiger partial charge in [0.2, 0.25) is 15.9 Å². The van der Waals surface area contributed by atoms with Crippen molar-refractivity contribution in [3.8, 4) is 0 Å². The number of fused-ring (bicyclic) bond motifs is 5. The first-order chi connectivity index (χ1) is 16.3. The quantitative estimate of drug-likeness (QED) is 0.623. The Kier molecular flexibility index (Phi) is 5.72. The molecule has 192 valence electrons. The molecule has 0 aromatic heterocycles. The first-order valence-electron chi connectivity index (χ1n) is 12.4. The van der Waals surface area contributed by atoms with E-state index in [1.807, 2.05) is 11.9 Å². The summed E-state index contributed by atoms with van der Waals surface area (Å²) in [7, 11) is -2.21. The van der Waals surface area contributed by atoms with Gasteiger partial charge in [0.15, 0.2) is 0 Å². The van der Waals surface area contributed by atoms with Crippen LogP contribution in [0.15, 0.2) is 41.3 Å². The molecule has 1 N–H and O–H groups in total. The molecule has 0 radical (unpaired) electrons. The zero-order chi connectivity index (χ0) is 25.4. The van der Waals surface area contributed by atoms with Crippen LogP contribution in [0.2, 0.25) is 0 Å². The highest BCUT2D eigenvalue weighted by Crippen LogP contribution is 2.64. The summed E-state index contributed by atoms with van der Waals surface area (Å²) in [6.07, 6.45) is 4.51. The van der Waals surface area contributed by atoms with E-state index in [4.69, 9.17) is 0 Å². The Hall–Kier alpha value is -1.87. The Morgan fingerprint density at radius 3 is 2.51 bits per heavy atom. The number of nitrogens with zero attached hydrogens (tertiary/aromatic N) is 1. The molecule has 9 heteroatoms. The molecule has 7 atom stereocenters. The number of carbonyl (C=O) groups is 1. The van der Waals surface area contributed by atoms with Crippen molar-refractivity contribution in [2.24, 2.45) is 28.6 Å². The Labute approximate surface area is 205 Å². The summed E-state index contributed by atoms with van der Waals surface area (Å²) < 4.78 is 68.6. The van der Waals surface area contributed by atoms with Gasteiger partial charge in [-0.15, -0.1) is 0 Å². The molecule has 0 bridgehead atoms. The van der Waals surface area contributed by atoms with Crippen LogP contribution >= 0.6 is 0 Å². The summed E-state index contributed by atoms with van der Waals surface area (Å²) >= 11 is 0. The van der Waals surface area contributed by atoms with Crippen LogP contribution in [0.1, 0.15) is 57.9 Å². The number of likely N-dealkylation sites (N-methyl/N-ethyl adjacent to an activating group) is 1. The van der Waals surface area contributed by atoms with Crippen molar-refractivity contribution >= 4 is 15.9 Å². The maximum Gasteiger partial charge on any atom is 0.416 e. The molecule has 3 saturated carbocycles. The summed E-state index contributed by atoms with van der Waals surface area (Å²) in [5.41, 5.74) is -1.31. The van der Waals surface area contributed by atoms with Crippen molar-refractivity contribution in [2.75, 3.05) is 7.05 Å². The summed E-state index contributed by atoms with van der Waals surface area (Å²) in [5, 5.41) is 0. The van der Waals surface area contributed by atoms with Crippen LogP contribution in [-0.2, 0) is 21.0 Å². The molecule has 3 fully saturated rings. The lowest BCUT2D eigenvalue weighted by Crippen LogP contribution is -2.60. The van der Waals surface area contributed by atoms with E-state index < -0.39 is 21.8 Å². The van der Waals surface area contributed by atoms with Gasteiger partial charge in [0, 0.05) is 24.5 Å². The van der Waals surface area contributed by atoms with E-state index in [1.165, 1.54) is 6.07 Å². The van der Waals surface area contributed by atoms with Crippen LogP contribution < -0.4 is 4.72 Å². The average Bonchev–Trinajstić information content (AvgIpc) is 3.12. The van der Waals surface area contributed by atoms with Crippen molar-refractivity contribution in [1.29, 1.82) is 0 Å². The van der Waals surface area contributed by atoms with Crippen LogP contribution in [0.25, 0.3) is 0 Å². The van der Waals surface area contributed by atoms with Crippen LogP contribution in [-0.4, -0.2) is 38.4 Å². The summed E-state index contributed by atoms with van der Waals surface area (Å²) in [6, 6.07) is 3.82. The number of halogens is 3. The molecule has 0 saturated heterocycles. The topological polar surface area (TPSA) is 66.5 Å². The second kappa shape index (κ2) is 8.07. The summed E-state index contributed by atoms with van der Waals surface area (Å²) in [4.78, 5) is 13.8. The molecule has 2 unspecified atom stereocenters. The third-order valence-electron chi connectivity index (χ3n) is 9.90. The van der Waals surface area contributed by atoms with E-state index >= 15 is 0 Å². The second-order valence-corrected chi connectivity index (χ2v) is 13.2. The van der Waals surface area contributed by atoms with Crippen molar-refractivity contribution in [3.05, 3.63) is 42.0 Å². The summed E-state index contributed by atoms with van der Waals surface area (Å²) in [5.74, 6) is 1.25. The number of hydrogen-bond donors (Lipinski definition) is 1. The van der Waals surface area contributed by atoms with Gasteiger partial charge in [-0.05, 0) is 86.0 Å². The van der Waals surface area contributed by atoms with E-state index in [-0.39, 0.29) is 33.7 Å². The normalized spacial score (nSPS) is 39.2. The fourth-order valence-corrected chi connectivity index (χ4v) is 9.46. The second-order valence-electron chi connectivity index (χ2n) is 11.4. The monoisotopic (exact) mass is 510 g/mol. The molecular formula is C26H33F3N2O3S. The lowest BCUT2D eigenvalue weighted by molar-refractivity contribution is -0.138. The Morgan fingerprint density at radius 2 is 1.80 bits per heavy atom. The number of sulfonamides is 1. The van der Waals surface area contributed by atoms with Gasteiger partial charge >= 0.3 is 6.18 Å². The van der Waals surface area contributed by atoms with Gasteiger partial charge in [-0.1, -0.05) is 26.0 Å². The standard InChI is InChI=1S/C26H33F3N2O3S/c1-24-13-11-20-18(7-10-22-25(20,2)14-12-23(32)31(22)3)19(24)8-9-21(24)30-35(33,34)17-6-4-5-16(15-17)26(27,28)29/h4-6,12,14-15,18-22,30H,7-11,13H2,1-3H3/t18-,19-,20+,21?,22?,24-,25+/m0/s1. The molecular weight excluding hydrogens is 477 g/mol. The van der Waals surface area contributed by atoms with Crippen molar-refractivity contribution in [1.82, 2.24) is 9.62 Å². The van der Waals surface area contributed by atoms with Crippen LogP contribution in [0, 0.1) is 28.6 Å². The van der Waals surface area contributed by atoms with Crippen molar-refractivity contribution in [2.45, 2.75) is 75.5 Å². The molecule has 5 rings (SSSR count). The first-order valence-corrected chi connectivity index (χ1v) is 13.9. The predicted molar refractivity (Wildman–Crippen MR) is 126 cm³/mol. The smallest absolute Gasteiger partial charge is 0.338 e. The molecule has 1 aromatic rings. The largest absolute Gasteiger partial charge is 0.416 e. The fourth-order valence-electron chi connectivity index (χ4n) is 8.03. The van der Waals surface area contributed by atoms with Crippen LogP contribution in [0.5, 0.6) is 0 Å². The van der Waals surface area contributed by atoms with E-state index in [2.05, 4.69) is 24.6 Å². The van der Waals surface area contributed by atoms with Crippen molar-refractivity contribution in [3.63, 3.8) is 0 Å². The van der Waals surface area contributed by atoms with Crippen molar-refractivity contribution < 1.29 is 26.4 Å². The molecule has 4 aliphatic rings. The minimum absolute atomic E-state index is 0.0523. The van der Waals surface area contributed by atoms with Gasteiger partial charge in [0.05, 0.1) is 10.5 Å². The molecule has 35 heavy (non-hydrogen) atoms. The van der Waals surface area contributed by atoms with Gasteiger partial charge < -0.3 is 4.90 Å². The van der Waals surface area contributed by atoms with Gasteiger partial charge in [-0.3, -0.25) is 4.79 Å². The van der Waals surface area contributed by atoms with Gasteiger partial charge in [-0.25, -0.2) is 13.1 Å². The number of amides is 1. The third-order valence-corrected chi connectivity index (χ3v) is 11.4. The Morgan fingerprint density at radius 1 is 1.06 bits per heavy atom. The third kappa shape index (κ3) is 3.84. The first kappa shape index (κ1) is 24.8. The van der Waals surface area contributed by atoms with Crippen LogP contribution in [0.4, 0.5) is 13.2 Å². The van der Waals surface area contributed by atoms with Gasteiger partial charge in [0.1, 0.15) is 0 Å². The highest BCUT2D eigenvalue weighted by atomic mass is 32.2. The summed E-state index contributed by atoms with van der Waals surface area (Å²) in [6.45, 7) is 4.42. The zero-order valence-corrected chi connectivity index (χ0v) is 21.1. The Balaban J connectivity index is 1.38. The van der Waals surface area contributed by atoms with Crippen LogP contribution in [0.3, 0.4) is 0 Å². The Bertz CT molecular complexity index is 1170. The highest BCUT2D eigenvalue weighted by Gasteiger charge is 2.60. The van der Waals surface area contributed by atoms with Gasteiger partial charge in [-0.2, -0.15) is 13.2 Å². The van der Waals surface area contributed by atoms with Gasteiger partial charge in [0.25, 0.3) is 0 Å². The zero-order valence-electron chi connectivity index (χ0n) is 20.3. The maximum atomic E-state index is 13.2. The maximum absolute atomic E-state index is 13.2. The molecule has 5 nitrogen and oxygen atoms in total. The number of rotatable bonds is 3. The molecule has 1 amide bonds. The molecule has 1 aromatic carbocycles. The van der Waals surface area contributed by atoms with E-state index in [0.717, 1.165) is 44.2 Å². The van der Waals surface area contributed by atoms with E-state index in [1.54, 1.807) is 6.08 Å². The number of hydrogen-bond acceptors (Lipinski definition) is 3. The lowest BCUT2D eigenvalue weighted by atomic mass is 9.48. The van der Waals surface area contributed by atoms with E-state index in [0.29, 0.717) is 30.2 Å². The fraction of sp³-hybridized carbons (Fsp3) is 0.654.